The van der Waals surface area contributed by atoms with Crippen LogP contribution in [-0.2, 0) is 0 Å². The van der Waals surface area contributed by atoms with E-state index >= 15 is 0 Å². The second kappa shape index (κ2) is 7.74. The first-order valence-electron chi connectivity index (χ1n) is 10.6. The maximum atomic E-state index is 13.5. The third-order valence-electron chi connectivity index (χ3n) is 5.69. The van der Waals surface area contributed by atoms with E-state index in [4.69, 9.17) is 4.98 Å². The van der Waals surface area contributed by atoms with E-state index in [1.807, 2.05) is 11.5 Å². The molecule has 4 aromatic rings. The van der Waals surface area contributed by atoms with Gasteiger partial charge in [-0.1, -0.05) is 6.92 Å². The maximum absolute atomic E-state index is 13.5. The molecule has 1 aromatic carbocycles. The minimum absolute atomic E-state index is 0.0462. The lowest BCUT2D eigenvalue weighted by molar-refractivity contribution is 0.496. The van der Waals surface area contributed by atoms with Crippen LogP contribution in [0.25, 0.3) is 28.5 Å². The van der Waals surface area contributed by atoms with Crippen molar-refractivity contribution in [1.82, 2.24) is 34.7 Å². The van der Waals surface area contributed by atoms with Crippen LogP contribution in [0.3, 0.4) is 0 Å². The van der Waals surface area contributed by atoms with Gasteiger partial charge in [-0.2, -0.15) is 0 Å². The third-order valence-corrected chi connectivity index (χ3v) is 5.69. The molecule has 1 aliphatic rings. The van der Waals surface area contributed by atoms with E-state index < -0.39 is 0 Å². The maximum Gasteiger partial charge on any atom is 0.182 e. The molecule has 0 unspecified atom stereocenters. The molecule has 4 heterocycles. The van der Waals surface area contributed by atoms with E-state index in [0.717, 1.165) is 35.1 Å². The lowest BCUT2D eigenvalue weighted by atomic mass is 10.1. The Bertz CT molecular complexity index is 1280. The molecule has 0 bridgehead atoms. The summed E-state index contributed by atoms with van der Waals surface area (Å²) < 4.78 is 15.5. The standard InChI is InChI=1S/C23H23FN8/c1-5-17-23-30-29-14(4)32(23)18-12-27-21(28-22(18)31(17)13(2)3)20-19(25-10-11-26-20)15-6-8-16(24)9-7-15/h6-13,17H,5H2,1-4H3/t17-/m1/s1. The van der Waals surface area contributed by atoms with Crippen LogP contribution in [0.4, 0.5) is 10.2 Å². The second-order valence-corrected chi connectivity index (χ2v) is 8.03. The zero-order chi connectivity index (χ0) is 22.4. The van der Waals surface area contributed by atoms with Crippen molar-refractivity contribution in [3.8, 4) is 28.5 Å². The highest BCUT2D eigenvalue weighted by molar-refractivity contribution is 5.76. The van der Waals surface area contributed by atoms with Gasteiger partial charge in [0.15, 0.2) is 17.5 Å². The van der Waals surface area contributed by atoms with Crippen LogP contribution in [0.5, 0.6) is 0 Å². The monoisotopic (exact) mass is 430 g/mol. The normalized spacial score (nSPS) is 15.1. The van der Waals surface area contributed by atoms with Gasteiger partial charge in [-0.25, -0.2) is 19.3 Å². The predicted octanol–water partition coefficient (Wildman–Crippen LogP) is 4.31. The first-order valence-corrected chi connectivity index (χ1v) is 10.6. The Hall–Kier alpha value is -3.75. The molecular weight excluding hydrogens is 407 g/mol. The summed E-state index contributed by atoms with van der Waals surface area (Å²) in [5, 5.41) is 8.75. The van der Waals surface area contributed by atoms with E-state index in [1.165, 1.54) is 12.1 Å². The quantitative estimate of drug-likeness (QED) is 0.477. The average molecular weight is 430 g/mol. The Morgan fingerprint density at radius 1 is 1.00 bits per heavy atom. The zero-order valence-electron chi connectivity index (χ0n) is 18.4. The highest BCUT2D eigenvalue weighted by Gasteiger charge is 2.36. The largest absolute Gasteiger partial charge is 0.342 e. The summed E-state index contributed by atoms with van der Waals surface area (Å²) in [6.07, 6.45) is 5.88. The molecule has 9 heteroatoms. The molecule has 1 atom stereocenters. The van der Waals surface area contributed by atoms with Gasteiger partial charge in [-0.05, 0) is 51.5 Å². The molecule has 0 amide bonds. The minimum Gasteiger partial charge on any atom is -0.342 e. The topological polar surface area (TPSA) is 85.5 Å². The van der Waals surface area contributed by atoms with Crippen molar-refractivity contribution in [2.24, 2.45) is 0 Å². The van der Waals surface area contributed by atoms with E-state index in [9.17, 15) is 4.39 Å². The van der Waals surface area contributed by atoms with Gasteiger partial charge in [0.25, 0.3) is 0 Å². The molecule has 0 spiro atoms. The van der Waals surface area contributed by atoms with E-state index in [1.54, 1.807) is 30.7 Å². The number of nitrogens with zero attached hydrogens (tertiary/aromatic N) is 8. The Morgan fingerprint density at radius 3 is 2.41 bits per heavy atom. The Balaban J connectivity index is 1.71. The summed E-state index contributed by atoms with van der Waals surface area (Å²) in [6, 6.07) is 6.41. The number of halogens is 1. The first-order chi connectivity index (χ1) is 15.5. The highest BCUT2D eigenvalue weighted by atomic mass is 19.1. The summed E-state index contributed by atoms with van der Waals surface area (Å²) in [5.41, 5.74) is 2.74. The SMILES string of the molecule is CC[C@@H]1c2nnc(C)n2-c2cnc(-c3nccnc3-c3ccc(F)cc3)nc2N1C(C)C. The van der Waals surface area contributed by atoms with Gasteiger partial charge in [-0.3, -0.25) is 9.55 Å². The van der Waals surface area contributed by atoms with E-state index in [0.29, 0.717) is 17.2 Å². The zero-order valence-corrected chi connectivity index (χ0v) is 18.4. The molecule has 0 aliphatic carbocycles. The molecule has 0 saturated heterocycles. The van der Waals surface area contributed by atoms with Gasteiger partial charge in [0, 0.05) is 24.0 Å². The number of hydrogen-bond acceptors (Lipinski definition) is 7. The van der Waals surface area contributed by atoms with E-state index in [-0.39, 0.29) is 17.9 Å². The van der Waals surface area contributed by atoms with Crippen molar-refractivity contribution in [3.63, 3.8) is 0 Å². The molecule has 3 aromatic heterocycles. The molecule has 0 saturated carbocycles. The van der Waals surface area contributed by atoms with Crippen LogP contribution in [0.1, 0.15) is 44.9 Å². The Morgan fingerprint density at radius 2 is 1.72 bits per heavy atom. The third kappa shape index (κ3) is 3.12. The smallest absolute Gasteiger partial charge is 0.182 e. The van der Waals surface area contributed by atoms with Gasteiger partial charge in [-0.15, -0.1) is 10.2 Å². The van der Waals surface area contributed by atoms with Crippen LogP contribution in [0.2, 0.25) is 0 Å². The van der Waals surface area contributed by atoms with Crippen LogP contribution in [-0.4, -0.2) is 40.7 Å². The summed E-state index contributed by atoms with van der Waals surface area (Å²) in [5.74, 6) is 2.66. The molecule has 162 valence electrons. The van der Waals surface area contributed by atoms with Crippen LogP contribution < -0.4 is 4.90 Å². The number of aromatic nitrogens is 7. The Kier molecular flexibility index (Phi) is 4.88. The number of fused-ring (bicyclic) bond motifs is 3. The van der Waals surface area contributed by atoms with Crippen molar-refractivity contribution in [2.45, 2.75) is 46.2 Å². The van der Waals surface area contributed by atoms with Crippen molar-refractivity contribution in [3.05, 3.63) is 60.3 Å². The van der Waals surface area contributed by atoms with Gasteiger partial charge in [0.05, 0.1) is 17.9 Å². The molecular formula is C23H23FN8. The lowest BCUT2D eigenvalue weighted by Crippen LogP contribution is -2.40. The molecule has 5 rings (SSSR count). The molecule has 0 N–H and O–H groups in total. The lowest BCUT2D eigenvalue weighted by Gasteiger charge is -2.39. The van der Waals surface area contributed by atoms with Gasteiger partial charge in [0.2, 0.25) is 0 Å². The number of aryl methyl sites for hydroxylation is 1. The van der Waals surface area contributed by atoms with Crippen molar-refractivity contribution in [1.29, 1.82) is 0 Å². The highest BCUT2D eigenvalue weighted by Crippen LogP contribution is 2.40. The van der Waals surface area contributed by atoms with Gasteiger partial charge in [0.1, 0.15) is 23.0 Å². The summed E-state index contributed by atoms with van der Waals surface area (Å²) in [7, 11) is 0. The average Bonchev–Trinajstić information content (AvgIpc) is 3.19. The van der Waals surface area contributed by atoms with Crippen molar-refractivity contribution >= 4 is 5.82 Å². The second-order valence-electron chi connectivity index (χ2n) is 8.03. The van der Waals surface area contributed by atoms with Crippen LogP contribution >= 0.6 is 0 Å². The van der Waals surface area contributed by atoms with Crippen LogP contribution in [0, 0.1) is 12.7 Å². The predicted molar refractivity (Wildman–Crippen MR) is 119 cm³/mol. The summed E-state index contributed by atoms with van der Waals surface area (Å²) in [4.78, 5) is 20.9. The molecule has 8 nitrogen and oxygen atoms in total. The first kappa shape index (κ1) is 20.2. The minimum atomic E-state index is -0.303. The fourth-order valence-electron chi connectivity index (χ4n) is 4.30. The number of anilines is 1. The fourth-order valence-corrected chi connectivity index (χ4v) is 4.30. The molecule has 32 heavy (non-hydrogen) atoms. The van der Waals surface area contributed by atoms with Gasteiger partial charge >= 0.3 is 0 Å². The molecule has 0 fully saturated rings. The van der Waals surface area contributed by atoms with Crippen LogP contribution in [0.15, 0.2) is 42.9 Å². The van der Waals surface area contributed by atoms with Gasteiger partial charge < -0.3 is 4.90 Å². The summed E-state index contributed by atoms with van der Waals surface area (Å²) in [6.45, 7) is 8.34. The molecule has 1 aliphatic heterocycles. The van der Waals surface area contributed by atoms with Crippen molar-refractivity contribution in [2.75, 3.05) is 4.90 Å². The fraction of sp³-hybridized carbons (Fsp3) is 0.304. The number of hydrogen-bond donors (Lipinski definition) is 0. The molecule has 0 radical (unpaired) electrons. The number of rotatable bonds is 4. The van der Waals surface area contributed by atoms with E-state index in [2.05, 4.69) is 50.8 Å². The summed E-state index contributed by atoms with van der Waals surface area (Å²) >= 11 is 0. The number of benzene rings is 1. The van der Waals surface area contributed by atoms with Crippen molar-refractivity contribution < 1.29 is 4.39 Å². The Labute approximate surface area is 185 Å².